The average molecular weight is 876 g/mol. The molecular formula is C44H57N7O8S2. The summed E-state index contributed by atoms with van der Waals surface area (Å²) in [6.07, 6.45) is 10.7. The number of methoxy groups -OCH3 is 1. The van der Waals surface area contributed by atoms with E-state index < -0.39 is 56.2 Å². The maximum Gasteiger partial charge on any atom is 0.318 e. The first-order valence-electron chi connectivity index (χ1n) is 21.7. The standard InChI is InChI=1S/C44H57N7O8S2/c1-27(2)34-24-60-40(46-34)33-21-37(32-15-16-36(58-4)28(3)38(32)45-33)59-30-20-35-39(53)47-44(41(54)49-61(56,57)31-13-14-31)22-29(44)12-8-6-5-7-9-17-43(26-52,25-51(35)23-30)48-42(55)50-18-10-11-19-50/h8,12,15-16,21,24,26-27,29-31,35H,5-7,9-11,13-14,17-20,22-23,25H2,1-4H3,(H,47,53)(H,48,55)(H,49,54)/b12-8-/t29?,30-,35+,43+,44-/m1/s1. The second-order valence-corrected chi connectivity index (χ2v) is 20.6. The van der Waals surface area contributed by atoms with E-state index in [1.54, 1.807) is 12.0 Å². The van der Waals surface area contributed by atoms with E-state index in [9.17, 15) is 27.6 Å². The fraction of sp³-hybridized carbons (Fsp3) is 0.591. The number of nitrogens with zero attached hydrogens (tertiary/aromatic N) is 4. The fourth-order valence-corrected chi connectivity index (χ4v) is 11.3. The number of pyridine rings is 1. The highest BCUT2D eigenvalue weighted by Crippen LogP contribution is 2.46. The Kier molecular flexibility index (Phi) is 12.2. The minimum absolute atomic E-state index is 0.0285. The largest absolute Gasteiger partial charge is 0.496 e. The summed E-state index contributed by atoms with van der Waals surface area (Å²) in [6.45, 7) is 7.57. The number of thiazole rings is 1. The van der Waals surface area contributed by atoms with Crippen LogP contribution in [0.1, 0.15) is 102 Å². The van der Waals surface area contributed by atoms with Crippen molar-refractivity contribution < 1.29 is 37.1 Å². The van der Waals surface area contributed by atoms with Gasteiger partial charge in [0.25, 0.3) is 5.91 Å². The van der Waals surface area contributed by atoms with Crippen molar-refractivity contribution in [3.8, 4) is 22.2 Å². The highest BCUT2D eigenvalue weighted by atomic mass is 32.2. The van der Waals surface area contributed by atoms with E-state index in [2.05, 4.69) is 29.2 Å². The number of aromatic nitrogens is 2. The van der Waals surface area contributed by atoms with Crippen LogP contribution >= 0.6 is 11.3 Å². The van der Waals surface area contributed by atoms with Gasteiger partial charge in [0.2, 0.25) is 15.9 Å². The summed E-state index contributed by atoms with van der Waals surface area (Å²) in [6, 6.07) is 4.44. The molecule has 4 fully saturated rings. The lowest BCUT2D eigenvalue weighted by Crippen LogP contribution is -2.62. The molecule has 328 valence electrons. The molecule has 2 aliphatic carbocycles. The van der Waals surface area contributed by atoms with Crippen LogP contribution in [0.15, 0.2) is 35.7 Å². The Morgan fingerprint density at radius 3 is 2.57 bits per heavy atom. The molecule has 5 aliphatic rings. The van der Waals surface area contributed by atoms with E-state index >= 15 is 0 Å². The summed E-state index contributed by atoms with van der Waals surface area (Å²) in [4.78, 5) is 69.3. The van der Waals surface area contributed by atoms with E-state index in [0.717, 1.165) is 53.6 Å². The predicted octanol–water partition coefficient (Wildman–Crippen LogP) is 5.37. The molecule has 4 amide bonds. The molecule has 0 radical (unpaired) electrons. The summed E-state index contributed by atoms with van der Waals surface area (Å²) in [5.41, 5.74) is 0.329. The lowest BCUT2D eigenvalue weighted by atomic mass is 9.92. The van der Waals surface area contributed by atoms with Crippen molar-refractivity contribution in [2.45, 2.75) is 126 Å². The second-order valence-electron chi connectivity index (χ2n) is 17.8. The quantitative estimate of drug-likeness (QED) is 0.176. The SMILES string of the molecule is COc1ccc2c(O[C@@H]3C[C@H]4C(=O)N[C@]5(C(=O)NS(=O)(=O)C6CC6)CC5/C=C\CCCCC[C@](C=O)(NC(=O)N5CCCC5)CN4C3)cc(-c3nc(C(C)C)cs3)nc2c1C. The van der Waals surface area contributed by atoms with Crippen LogP contribution in [0.5, 0.6) is 11.5 Å². The normalized spacial score (nSPS) is 27.9. The third-order valence-electron chi connectivity index (χ3n) is 12.9. The predicted molar refractivity (Wildman–Crippen MR) is 232 cm³/mol. The number of amides is 4. The number of carbonyl (C=O) groups excluding carboxylic acids is 4. The first kappa shape index (κ1) is 43.1. The van der Waals surface area contributed by atoms with Crippen LogP contribution in [0.4, 0.5) is 4.79 Å². The number of nitrogens with one attached hydrogen (secondary N) is 3. The van der Waals surface area contributed by atoms with E-state index in [1.807, 2.05) is 47.6 Å². The molecule has 1 aromatic carbocycles. The summed E-state index contributed by atoms with van der Waals surface area (Å²) >= 11 is 1.50. The van der Waals surface area contributed by atoms with Gasteiger partial charge in [-0.3, -0.25) is 19.2 Å². The third-order valence-corrected chi connectivity index (χ3v) is 15.6. The van der Waals surface area contributed by atoms with Gasteiger partial charge in [-0.15, -0.1) is 11.3 Å². The molecule has 17 heteroatoms. The smallest absolute Gasteiger partial charge is 0.318 e. The molecule has 2 saturated heterocycles. The highest BCUT2D eigenvalue weighted by Gasteiger charge is 2.62. The zero-order chi connectivity index (χ0) is 43.1. The minimum atomic E-state index is -3.89. The molecule has 5 atom stereocenters. The number of urea groups is 1. The molecule has 2 saturated carbocycles. The Morgan fingerprint density at radius 1 is 1.08 bits per heavy atom. The van der Waals surface area contributed by atoms with Gasteiger partial charge < -0.3 is 29.8 Å². The van der Waals surface area contributed by atoms with Crippen molar-refractivity contribution in [2.24, 2.45) is 5.92 Å². The number of ether oxygens (including phenoxy) is 2. The van der Waals surface area contributed by atoms with Crippen LogP contribution in [-0.4, -0.2) is 114 Å². The number of allylic oxidation sites excluding steroid dienone is 1. The van der Waals surface area contributed by atoms with Crippen molar-refractivity contribution >= 4 is 56.4 Å². The molecule has 0 bridgehead atoms. The van der Waals surface area contributed by atoms with Gasteiger partial charge in [0, 0.05) is 60.9 Å². The topological polar surface area (TPSA) is 189 Å². The Balaban J connectivity index is 1.15. The Hall–Kier alpha value is -4.61. The molecular weight excluding hydrogens is 819 g/mol. The van der Waals surface area contributed by atoms with Crippen molar-refractivity contribution in [1.82, 2.24) is 35.1 Å². The lowest BCUT2D eigenvalue weighted by molar-refractivity contribution is -0.132. The van der Waals surface area contributed by atoms with E-state index in [0.29, 0.717) is 67.9 Å². The summed E-state index contributed by atoms with van der Waals surface area (Å²) in [7, 11) is -2.27. The number of benzene rings is 1. The van der Waals surface area contributed by atoms with E-state index in [4.69, 9.17) is 19.4 Å². The Labute approximate surface area is 361 Å². The lowest BCUT2D eigenvalue weighted by Gasteiger charge is -2.37. The van der Waals surface area contributed by atoms with Crippen LogP contribution in [0.3, 0.4) is 0 Å². The molecule has 15 nitrogen and oxygen atoms in total. The maximum atomic E-state index is 14.8. The number of fused-ring (bicyclic) bond motifs is 3. The molecule has 0 spiro atoms. The molecule has 8 rings (SSSR count). The number of hydrogen-bond acceptors (Lipinski definition) is 12. The second kappa shape index (κ2) is 17.3. The zero-order valence-electron chi connectivity index (χ0n) is 35.4. The van der Waals surface area contributed by atoms with Gasteiger partial charge in [0.1, 0.15) is 45.7 Å². The number of hydrogen-bond donors (Lipinski definition) is 3. The number of rotatable bonds is 10. The van der Waals surface area contributed by atoms with E-state index in [1.165, 1.54) is 11.3 Å². The van der Waals surface area contributed by atoms with Gasteiger partial charge in [0.15, 0.2) is 0 Å². The molecule has 3 aromatic rings. The van der Waals surface area contributed by atoms with Gasteiger partial charge in [-0.2, -0.15) is 0 Å². The number of likely N-dealkylation sites (tertiary alicyclic amines) is 1. The fourth-order valence-electron chi connectivity index (χ4n) is 9.04. The number of aryl methyl sites for hydroxylation is 1. The number of aldehydes is 1. The molecule has 1 unspecified atom stereocenters. The first-order chi connectivity index (χ1) is 29.2. The van der Waals surface area contributed by atoms with Gasteiger partial charge in [-0.05, 0) is 76.3 Å². The van der Waals surface area contributed by atoms with Crippen LogP contribution in [0.2, 0.25) is 0 Å². The Bertz CT molecular complexity index is 2320. The van der Waals surface area contributed by atoms with Gasteiger partial charge >= 0.3 is 6.03 Å². The van der Waals surface area contributed by atoms with Gasteiger partial charge in [0.05, 0.1) is 29.6 Å². The number of carbonyl (C=O) groups is 4. The summed E-state index contributed by atoms with van der Waals surface area (Å²) in [5, 5.41) is 9.02. The van der Waals surface area contributed by atoms with Crippen LogP contribution in [-0.2, 0) is 24.4 Å². The molecule has 3 aliphatic heterocycles. The van der Waals surface area contributed by atoms with E-state index in [-0.39, 0.29) is 37.9 Å². The number of sulfonamides is 1. The Morgan fingerprint density at radius 2 is 1.87 bits per heavy atom. The average Bonchev–Trinajstić information content (AvgIpc) is 3.98. The molecule has 3 N–H and O–H groups in total. The van der Waals surface area contributed by atoms with Crippen LogP contribution < -0.4 is 24.8 Å². The third kappa shape index (κ3) is 9.01. The first-order valence-corrected chi connectivity index (χ1v) is 24.1. The van der Waals surface area contributed by atoms with Crippen molar-refractivity contribution in [3.05, 3.63) is 47.0 Å². The maximum absolute atomic E-state index is 14.8. The van der Waals surface area contributed by atoms with Crippen molar-refractivity contribution in [2.75, 3.05) is 33.3 Å². The highest BCUT2D eigenvalue weighted by molar-refractivity contribution is 7.91. The van der Waals surface area contributed by atoms with Crippen LogP contribution in [0, 0.1) is 12.8 Å². The zero-order valence-corrected chi connectivity index (χ0v) is 37.0. The van der Waals surface area contributed by atoms with Gasteiger partial charge in [-0.1, -0.05) is 38.8 Å². The molecule has 5 heterocycles. The van der Waals surface area contributed by atoms with Gasteiger partial charge in [-0.25, -0.2) is 23.2 Å². The molecule has 61 heavy (non-hydrogen) atoms. The van der Waals surface area contributed by atoms with Crippen molar-refractivity contribution in [3.63, 3.8) is 0 Å². The van der Waals surface area contributed by atoms with Crippen LogP contribution in [0.25, 0.3) is 21.6 Å². The monoisotopic (exact) mass is 875 g/mol. The molecule has 2 aromatic heterocycles. The van der Waals surface area contributed by atoms with Crippen molar-refractivity contribution in [1.29, 1.82) is 0 Å². The summed E-state index contributed by atoms with van der Waals surface area (Å²) in [5.74, 6) is -0.175. The minimum Gasteiger partial charge on any atom is -0.496 e. The summed E-state index contributed by atoms with van der Waals surface area (Å²) < 4.78 is 40.9.